The molecule has 1 unspecified atom stereocenters. The highest BCUT2D eigenvalue weighted by atomic mass is 16.2. The van der Waals surface area contributed by atoms with Gasteiger partial charge >= 0.3 is 6.03 Å². The highest BCUT2D eigenvalue weighted by Gasteiger charge is 2.70. The number of carbonyl (C=O) groups is 7. The smallest absolute Gasteiger partial charge is 0.315 e. The molecule has 0 aromatic rings. The maximum atomic E-state index is 14.5. The molecule has 0 bridgehead atoms. The summed E-state index contributed by atoms with van der Waals surface area (Å²) in [6, 6.07) is -4.22. The molecular formula is C40H64N6O7. The van der Waals surface area contributed by atoms with Crippen LogP contribution in [0.4, 0.5) is 4.79 Å². The van der Waals surface area contributed by atoms with E-state index in [0.717, 1.165) is 32.1 Å². The number of nitrogens with zero attached hydrogens (tertiary/aromatic N) is 2. The maximum absolute atomic E-state index is 14.5. The van der Waals surface area contributed by atoms with Gasteiger partial charge in [0, 0.05) is 32.5 Å². The molecule has 0 radical (unpaired) electrons. The summed E-state index contributed by atoms with van der Waals surface area (Å²) < 4.78 is 0. The number of hydrogen-bond acceptors (Lipinski definition) is 7. The molecule has 0 aromatic heterocycles. The molecule has 2 aliphatic carbocycles. The molecule has 13 nitrogen and oxygen atoms in total. The van der Waals surface area contributed by atoms with Crippen molar-refractivity contribution in [2.75, 3.05) is 19.6 Å². The van der Waals surface area contributed by atoms with Gasteiger partial charge in [-0.25, -0.2) is 4.79 Å². The number of unbranched alkanes of at least 4 members (excludes halogenated alkanes) is 1. The van der Waals surface area contributed by atoms with Gasteiger partial charge in [0.2, 0.25) is 29.4 Å². The Bertz CT molecular complexity index is 1450. The van der Waals surface area contributed by atoms with Crippen molar-refractivity contribution in [1.82, 2.24) is 31.1 Å². The van der Waals surface area contributed by atoms with E-state index >= 15 is 0 Å². The molecule has 13 heteroatoms. The minimum absolute atomic E-state index is 0.0230. The highest BCUT2D eigenvalue weighted by molar-refractivity contribution is 6.38. The molecule has 1 spiro atoms. The second-order valence-electron chi connectivity index (χ2n) is 18.7. The Morgan fingerprint density at radius 3 is 2.06 bits per heavy atom. The second-order valence-corrected chi connectivity index (χ2v) is 18.7. The van der Waals surface area contributed by atoms with Crippen LogP contribution >= 0.6 is 0 Å². The van der Waals surface area contributed by atoms with Crippen LogP contribution in [-0.2, 0) is 28.8 Å². The van der Waals surface area contributed by atoms with E-state index < -0.39 is 64.5 Å². The highest BCUT2D eigenvalue weighted by Crippen LogP contribution is 2.65. The first-order chi connectivity index (χ1) is 24.6. The van der Waals surface area contributed by atoms with Crippen LogP contribution in [-0.4, -0.2) is 95.0 Å². The van der Waals surface area contributed by atoms with Gasteiger partial charge in [0.15, 0.2) is 0 Å². The Labute approximate surface area is 315 Å². The normalized spacial score (nSPS) is 24.9. The number of Topliss-reactive ketones (excluding diaryl/α,β-unsaturated/α-hetero) is 1. The molecule has 4 N–H and O–H groups in total. The first-order valence-corrected chi connectivity index (χ1v) is 19.5. The van der Waals surface area contributed by atoms with Gasteiger partial charge in [-0.05, 0) is 52.8 Å². The molecule has 4 rings (SSSR count). The van der Waals surface area contributed by atoms with Gasteiger partial charge in [-0.2, -0.15) is 0 Å². The minimum Gasteiger partial charge on any atom is -0.346 e. The number of fused-ring (bicyclic) bond motifs is 1. The molecule has 53 heavy (non-hydrogen) atoms. The molecule has 0 aromatic carbocycles. The number of rotatable bonds is 14. The predicted octanol–water partition coefficient (Wildman–Crippen LogP) is 3.85. The van der Waals surface area contributed by atoms with Crippen molar-refractivity contribution in [1.29, 1.82) is 0 Å². The molecule has 2 saturated carbocycles. The molecule has 4 fully saturated rings. The van der Waals surface area contributed by atoms with Crippen LogP contribution < -0.4 is 21.3 Å². The van der Waals surface area contributed by atoms with E-state index in [1.807, 2.05) is 48.5 Å². The summed E-state index contributed by atoms with van der Waals surface area (Å²) in [4.78, 5) is 97.6. The van der Waals surface area contributed by atoms with Gasteiger partial charge in [0.25, 0.3) is 5.91 Å². The molecule has 4 aliphatic rings. The Balaban J connectivity index is 1.51. The fourth-order valence-corrected chi connectivity index (χ4v) is 8.74. The van der Waals surface area contributed by atoms with Crippen molar-refractivity contribution >= 4 is 41.4 Å². The van der Waals surface area contributed by atoms with Crippen LogP contribution in [0.15, 0.2) is 12.7 Å². The molecule has 2 heterocycles. The summed E-state index contributed by atoms with van der Waals surface area (Å²) in [5.41, 5.74) is -1.77. The van der Waals surface area contributed by atoms with E-state index in [-0.39, 0.29) is 54.0 Å². The third-order valence-corrected chi connectivity index (χ3v) is 12.3. The number of ketones is 1. The Hall–Kier alpha value is -3.77. The van der Waals surface area contributed by atoms with E-state index in [0.29, 0.717) is 25.8 Å². The van der Waals surface area contributed by atoms with Gasteiger partial charge < -0.3 is 26.2 Å². The number of urea groups is 1. The lowest BCUT2D eigenvalue weighted by atomic mass is 9.76. The van der Waals surface area contributed by atoms with E-state index in [4.69, 9.17) is 0 Å². The average Bonchev–Trinajstić information content (AvgIpc) is 3.42. The first-order valence-electron chi connectivity index (χ1n) is 19.5. The predicted molar refractivity (Wildman–Crippen MR) is 201 cm³/mol. The largest absolute Gasteiger partial charge is 0.346 e. The van der Waals surface area contributed by atoms with Gasteiger partial charge in [-0.1, -0.05) is 94.1 Å². The third-order valence-electron chi connectivity index (χ3n) is 12.3. The molecular weight excluding hydrogens is 676 g/mol. The maximum Gasteiger partial charge on any atom is 0.315 e. The van der Waals surface area contributed by atoms with Crippen molar-refractivity contribution in [3.8, 4) is 0 Å². The third kappa shape index (κ3) is 9.31. The van der Waals surface area contributed by atoms with Crippen LogP contribution in [0.5, 0.6) is 0 Å². The quantitative estimate of drug-likeness (QED) is 0.119. The van der Waals surface area contributed by atoms with Crippen molar-refractivity contribution in [2.45, 2.75) is 144 Å². The van der Waals surface area contributed by atoms with Crippen molar-refractivity contribution in [2.24, 2.45) is 33.5 Å². The van der Waals surface area contributed by atoms with Crippen LogP contribution in [0, 0.1) is 33.5 Å². The summed E-state index contributed by atoms with van der Waals surface area (Å²) in [6.07, 6.45) is 7.58. The zero-order chi connectivity index (χ0) is 39.7. The number of imide groups is 1. The molecule has 7 amide bonds. The number of piperidine rings is 2. The lowest BCUT2D eigenvalue weighted by Gasteiger charge is -2.41. The van der Waals surface area contributed by atoms with E-state index in [1.54, 1.807) is 0 Å². The van der Waals surface area contributed by atoms with Crippen molar-refractivity contribution < 1.29 is 33.6 Å². The van der Waals surface area contributed by atoms with Gasteiger partial charge in [0.1, 0.15) is 12.1 Å². The van der Waals surface area contributed by atoms with Gasteiger partial charge in [-0.3, -0.25) is 33.7 Å². The fraction of sp³-hybridized carbons (Fsp3) is 0.775. The van der Waals surface area contributed by atoms with Gasteiger partial charge in [0.05, 0.1) is 12.1 Å². The zero-order valence-corrected chi connectivity index (χ0v) is 33.5. The zero-order valence-electron chi connectivity index (χ0n) is 33.5. The summed E-state index contributed by atoms with van der Waals surface area (Å²) >= 11 is 0. The van der Waals surface area contributed by atoms with E-state index in [9.17, 15) is 33.6 Å². The average molecular weight is 741 g/mol. The monoisotopic (exact) mass is 740 g/mol. The van der Waals surface area contributed by atoms with Crippen LogP contribution in [0.2, 0.25) is 0 Å². The SMILES string of the molecule is C=CCNC(=O)C(=O)C(CCCC)NC(=O)[C@@H]1[C@@H]2[C@H](CN1C(=O)[C@@H](NC(=O)N[C@@H](CN1C(=O)CC3(CCCC3)CC1=O)C(C)(C)C)C(C)(C)C)C2(C)C. The lowest BCUT2D eigenvalue weighted by Crippen LogP contribution is -2.63. The number of likely N-dealkylation sites (tertiary alicyclic amines) is 2. The Morgan fingerprint density at radius 2 is 1.53 bits per heavy atom. The Morgan fingerprint density at radius 1 is 0.925 bits per heavy atom. The molecule has 2 saturated heterocycles. The van der Waals surface area contributed by atoms with E-state index in [1.165, 1.54) is 15.9 Å². The summed E-state index contributed by atoms with van der Waals surface area (Å²) in [5, 5.41) is 11.2. The van der Waals surface area contributed by atoms with Crippen molar-refractivity contribution in [3.63, 3.8) is 0 Å². The van der Waals surface area contributed by atoms with Crippen LogP contribution in [0.3, 0.4) is 0 Å². The molecule has 2 aliphatic heterocycles. The van der Waals surface area contributed by atoms with E-state index in [2.05, 4.69) is 41.7 Å². The molecule has 296 valence electrons. The van der Waals surface area contributed by atoms with Crippen LogP contribution in [0.25, 0.3) is 0 Å². The number of amides is 7. The lowest BCUT2D eigenvalue weighted by molar-refractivity contribution is -0.154. The van der Waals surface area contributed by atoms with Crippen LogP contribution in [0.1, 0.15) is 120 Å². The Kier molecular flexibility index (Phi) is 12.6. The van der Waals surface area contributed by atoms with Gasteiger partial charge in [-0.15, -0.1) is 6.58 Å². The topological polar surface area (TPSA) is 174 Å². The summed E-state index contributed by atoms with van der Waals surface area (Å²) in [6.45, 7) is 21.3. The standard InChI is InChI=1S/C40H64N6O7/c1-11-13-16-25(31(49)34(51)41-19-12-2)42-33(50)30-29-24(39(29,9)10)22-46(30)35(52)32(38(6,7)8)44-36(53)43-26(37(3,4)5)23-45-27(47)20-40(21-28(45)48)17-14-15-18-40/h12,24-26,29-30,32H,2,11,13-23H2,1,3-10H3,(H,41,51)(H,42,50)(H2,43,44,53)/t24-,25?,26-,29-,30-,32+/m0/s1. The number of carbonyl (C=O) groups excluding carboxylic acids is 7. The number of hydrogen-bond donors (Lipinski definition) is 4. The molecule has 6 atom stereocenters. The number of nitrogens with one attached hydrogen (secondary N) is 4. The summed E-state index contributed by atoms with van der Waals surface area (Å²) in [5.74, 6) is -3.01. The fourth-order valence-electron chi connectivity index (χ4n) is 8.74. The second kappa shape index (κ2) is 15.9. The summed E-state index contributed by atoms with van der Waals surface area (Å²) in [7, 11) is 0. The minimum atomic E-state index is -1.05. The van der Waals surface area contributed by atoms with Crippen molar-refractivity contribution in [3.05, 3.63) is 12.7 Å². The first kappa shape index (κ1) is 42.0.